The molecule has 0 fully saturated rings. The molecule has 0 aliphatic heterocycles. The third-order valence-electron chi connectivity index (χ3n) is 2.82. The maximum Gasteiger partial charge on any atom is 0.193 e. The predicted octanol–water partition coefficient (Wildman–Crippen LogP) is 3.18. The fourth-order valence-corrected chi connectivity index (χ4v) is 1.73. The first-order chi connectivity index (χ1) is 9.61. The van der Waals surface area contributed by atoms with Crippen LogP contribution in [0.2, 0.25) is 0 Å². The molecule has 20 heavy (non-hydrogen) atoms. The fraction of sp³-hybridized carbons (Fsp3) is 0.0625. The van der Waals surface area contributed by atoms with Crippen molar-refractivity contribution in [2.24, 2.45) is 0 Å². The van der Waals surface area contributed by atoms with Gasteiger partial charge in [0.15, 0.2) is 5.78 Å². The van der Waals surface area contributed by atoms with Gasteiger partial charge in [0.2, 0.25) is 0 Å². The number of carbonyl (C=O) groups excluding carboxylic acids is 1. The monoisotopic (exact) mass is 270 g/mol. The van der Waals surface area contributed by atoms with E-state index in [2.05, 4.69) is 0 Å². The Morgan fingerprint density at radius 1 is 1.10 bits per heavy atom. The summed E-state index contributed by atoms with van der Waals surface area (Å²) in [7, 11) is 1.55. The number of hydrogen-bond donors (Lipinski definition) is 2. The van der Waals surface area contributed by atoms with E-state index in [1.54, 1.807) is 43.5 Å². The molecule has 0 atom stereocenters. The second kappa shape index (κ2) is 5.93. The number of aliphatic hydroxyl groups is 1. The third-order valence-corrected chi connectivity index (χ3v) is 2.82. The fourth-order valence-electron chi connectivity index (χ4n) is 1.73. The Labute approximate surface area is 116 Å². The molecule has 0 bridgehead atoms. The summed E-state index contributed by atoms with van der Waals surface area (Å²) < 4.78 is 5.01. The number of benzene rings is 2. The van der Waals surface area contributed by atoms with Gasteiger partial charge in [0.05, 0.1) is 12.7 Å². The number of phenols is 1. The number of ether oxygens (including phenoxy) is 1. The van der Waals surface area contributed by atoms with Crippen molar-refractivity contribution >= 4 is 11.5 Å². The summed E-state index contributed by atoms with van der Waals surface area (Å²) in [5, 5.41) is 19.5. The number of carbonyl (C=O) groups is 1. The van der Waals surface area contributed by atoms with E-state index in [1.165, 1.54) is 12.1 Å². The molecule has 0 unspecified atom stereocenters. The lowest BCUT2D eigenvalue weighted by Crippen LogP contribution is -1.97. The first-order valence-corrected chi connectivity index (χ1v) is 5.99. The summed E-state index contributed by atoms with van der Waals surface area (Å²) in [6, 6.07) is 12.8. The summed E-state index contributed by atoms with van der Waals surface area (Å²) in [6.07, 6.45) is 1.08. The molecule has 2 aromatic rings. The number of aromatic hydroxyl groups is 1. The number of allylic oxidation sites excluding steroid dienone is 1. The van der Waals surface area contributed by atoms with Gasteiger partial charge in [-0.3, -0.25) is 4.79 Å². The first-order valence-electron chi connectivity index (χ1n) is 5.99. The number of methoxy groups -OCH3 is 1. The second-order valence-electron chi connectivity index (χ2n) is 4.14. The lowest BCUT2D eigenvalue weighted by atomic mass is 10.1. The Bertz CT molecular complexity index is 642. The highest BCUT2D eigenvalue weighted by atomic mass is 16.5. The lowest BCUT2D eigenvalue weighted by Gasteiger charge is -2.03. The SMILES string of the molecule is COc1ccc(C(O)=CC(=O)c2ccccc2O)cc1. The average molecular weight is 270 g/mol. The molecule has 2 rings (SSSR count). The van der Waals surface area contributed by atoms with Gasteiger partial charge in [0.1, 0.15) is 17.3 Å². The van der Waals surface area contributed by atoms with Crippen LogP contribution in [-0.4, -0.2) is 23.1 Å². The number of phenolic OH excluding ortho intramolecular Hbond substituents is 1. The Morgan fingerprint density at radius 3 is 2.35 bits per heavy atom. The van der Waals surface area contributed by atoms with E-state index >= 15 is 0 Å². The molecule has 4 nitrogen and oxygen atoms in total. The zero-order valence-electron chi connectivity index (χ0n) is 10.9. The smallest absolute Gasteiger partial charge is 0.193 e. The number of aliphatic hydroxyl groups excluding tert-OH is 1. The van der Waals surface area contributed by atoms with Crippen LogP contribution in [-0.2, 0) is 0 Å². The van der Waals surface area contributed by atoms with Crippen molar-refractivity contribution < 1.29 is 19.7 Å². The highest BCUT2D eigenvalue weighted by Crippen LogP contribution is 2.20. The summed E-state index contributed by atoms with van der Waals surface area (Å²) >= 11 is 0. The van der Waals surface area contributed by atoms with Crippen molar-refractivity contribution in [2.45, 2.75) is 0 Å². The molecule has 0 aromatic heterocycles. The summed E-state index contributed by atoms with van der Waals surface area (Å²) in [5.41, 5.74) is 0.641. The highest BCUT2D eigenvalue weighted by molar-refractivity contribution is 6.09. The van der Waals surface area contributed by atoms with Crippen LogP contribution in [0.4, 0.5) is 0 Å². The van der Waals surface area contributed by atoms with Gasteiger partial charge in [-0.1, -0.05) is 12.1 Å². The van der Waals surface area contributed by atoms with Gasteiger partial charge >= 0.3 is 0 Å². The molecule has 0 heterocycles. The van der Waals surface area contributed by atoms with E-state index in [1.807, 2.05) is 0 Å². The minimum Gasteiger partial charge on any atom is -0.507 e. The second-order valence-corrected chi connectivity index (χ2v) is 4.14. The Balaban J connectivity index is 2.25. The topological polar surface area (TPSA) is 66.8 Å². The van der Waals surface area contributed by atoms with Crippen molar-refractivity contribution in [3.8, 4) is 11.5 Å². The molecule has 0 aliphatic carbocycles. The summed E-state index contributed by atoms with van der Waals surface area (Å²) in [4.78, 5) is 12.0. The van der Waals surface area contributed by atoms with Crippen molar-refractivity contribution in [3.63, 3.8) is 0 Å². The van der Waals surface area contributed by atoms with E-state index < -0.39 is 5.78 Å². The van der Waals surface area contributed by atoms with Crippen LogP contribution in [0.3, 0.4) is 0 Å². The molecular weight excluding hydrogens is 256 g/mol. The van der Waals surface area contributed by atoms with Crippen LogP contribution >= 0.6 is 0 Å². The van der Waals surface area contributed by atoms with Crippen molar-refractivity contribution in [1.82, 2.24) is 0 Å². The normalized spacial score (nSPS) is 11.2. The molecule has 0 amide bonds. The number of rotatable bonds is 4. The first kappa shape index (κ1) is 13.7. The number of hydrogen-bond acceptors (Lipinski definition) is 4. The summed E-state index contributed by atoms with van der Waals surface area (Å²) in [6.45, 7) is 0. The van der Waals surface area contributed by atoms with Crippen LogP contribution in [0.15, 0.2) is 54.6 Å². The van der Waals surface area contributed by atoms with E-state index in [4.69, 9.17) is 4.74 Å². The summed E-state index contributed by atoms with van der Waals surface area (Å²) in [5.74, 6) is -0.0813. The molecule has 0 saturated carbocycles. The van der Waals surface area contributed by atoms with Gasteiger partial charge in [0, 0.05) is 11.6 Å². The largest absolute Gasteiger partial charge is 0.507 e. The lowest BCUT2D eigenvalue weighted by molar-refractivity contribution is 0.104. The molecule has 0 aliphatic rings. The quantitative estimate of drug-likeness (QED) is 0.508. The van der Waals surface area contributed by atoms with E-state index in [-0.39, 0.29) is 17.1 Å². The van der Waals surface area contributed by atoms with Gasteiger partial charge in [-0.25, -0.2) is 0 Å². The zero-order valence-corrected chi connectivity index (χ0v) is 10.9. The van der Waals surface area contributed by atoms with Gasteiger partial charge in [-0.05, 0) is 36.4 Å². The van der Waals surface area contributed by atoms with Gasteiger partial charge < -0.3 is 14.9 Å². The molecule has 0 spiro atoms. The highest BCUT2D eigenvalue weighted by Gasteiger charge is 2.10. The maximum absolute atomic E-state index is 12.0. The number of ketones is 1. The Kier molecular flexibility index (Phi) is 4.05. The minimum atomic E-state index is -0.462. The molecule has 2 N–H and O–H groups in total. The molecule has 0 saturated heterocycles. The van der Waals surface area contributed by atoms with E-state index in [0.717, 1.165) is 6.08 Å². The molecule has 2 aromatic carbocycles. The van der Waals surface area contributed by atoms with Crippen molar-refractivity contribution in [1.29, 1.82) is 0 Å². The van der Waals surface area contributed by atoms with Gasteiger partial charge in [-0.2, -0.15) is 0 Å². The van der Waals surface area contributed by atoms with Crippen LogP contribution in [0.5, 0.6) is 11.5 Å². The Morgan fingerprint density at radius 2 is 1.75 bits per heavy atom. The van der Waals surface area contributed by atoms with Gasteiger partial charge in [-0.15, -0.1) is 0 Å². The Hall–Kier alpha value is -2.75. The van der Waals surface area contributed by atoms with Gasteiger partial charge in [0.25, 0.3) is 0 Å². The molecular formula is C16H14O4. The predicted molar refractivity (Wildman–Crippen MR) is 76.0 cm³/mol. The molecule has 102 valence electrons. The minimum absolute atomic E-state index is 0.115. The van der Waals surface area contributed by atoms with Crippen LogP contribution < -0.4 is 4.74 Å². The standard InChI is InChI=1S/C16H14O4/c1-20-12-8-6-11(7-9-12)15(18)10-16(19)13-4-2-3-5-14(13)17/h2-10,17-18H,1H3. The van der Waals surface area contributed by atoms with Crippen LogP contribution in [0, 0.1) is 0 Å². The van der Waals surface area contributed by atoms with Crippen LogP contribution in [0.1, 0.15) is 15.9 Å². The zero-order chi connectivity index (χ0) is 14.5. The maximum atomic E-state index is 12.0. The molecule has 4 heteroatoms. The number of para-hydroxylation sites is 1. The average Bonchev–Trinajstić information content (AvgIpc) is 2.47. The van der Waals surface area contributed by atoms with E-state index in [0.29, 0.717) is 11.3 Å². The third kappa shape index (κ3) is 2.98. The van der Waals surface area contributed by atoms with Crippen molar-refractivity contribution in [2.75, 3.05) is 7.11 Å². The van der Waals surface area contributed by atoms with Crippen LogP contribution in [0.25, 0.3) is 5.76 Å². The molecule has 0 radical (unpaired) electrons. The van der Waals surface area contributed by atoms with E-state index in [9.17, 15) is 15.0 Å². The van der Waals surface area contributed by atoms with Crippen molar-refractivity contribution in [3.05, 3.63) is 65.7 Å².